The molecule has 3 fully saturated rings. The molecule has 0 unspecified atom stereocenters. The number of rotatable bonds is 6. The lowest BCUT2D eigenvalue weighted by Gasteiger charge is -2.21. The second kappa shape index (κ2) is 7.16. The van der Waals surface area contributed by atoms with Crippen LogP contribution in [-0.4, -0.2) is 43.2 Å². The molecule has 2 saturated carbocycles. The van der Waals surface area contributed by atoms with Crippen LogP contribution in [0.2, 0.25) is 5.02 Å². The van der Waals surface area contributed by atoms with Crippen molar-refractivity contribution in [2.45, 2.75) is 44.2 Å². The van der Waals surface area contributed by atoms with Gasteiger partial charge < -0.3 is 14.6 Å². The molecule has 3 aromatic rings. The van der Waals surface area contributed by atoms with Crippen molar-refractivity contribution >= 4 is 29.6 Å². The summed E-state index contributed by atoms with van der Waals surface area (Å²) in [5.41, 5.74) is 1.58. The maximum Gasteiger partial charge on any atom is 0.417 e. The molecular formula is C22H22ClN7O2. The Balaban J connectivity index is 1.27. The van der Waals surface area contributed by atoms with Crippen molar-refractivity contribution in [3.05, 3.63) is 53.3 Å². The van der Waals surface area contributed by atoms with Gasteiger partial charge in [-0.1, -0.05) is 11.6 Å². The predicted molar refractivity (Wildman–Crippen MR) is 118 cm³/mol. The molecule has 1 N–H and O–H groups in total. The molecule has 1 amide bonds. The topological polar surface area (TPSA) is 98.1 Å². The number of hydrogen-bond donors (Lipinski definition) is 1. The van der Waals surface area contributed by atoms with Gasteiger partial charge in [0.2, 0.25) is 11.9 Å². The number of anilines is 2. The average Bonchev–Trinajstić information content (AvgIpc) is 3.67. The highest BCUT2D eigenvalue weighted by atomic mass is 35.5. The van der Waals surface area contributed by atoms with Crippen molar-refractivity contribution in [3.63, 3.8) is 0 Å². The number of carbonyl (C=O) groups excluding carboxylic acids is 1. The lowest BCUT2D eigenvalue weighted by molar-refractivity contribution is 0.178. The largest absolute Gasteiger partial charge is 0.447 e. The van der Waals surface area contributed by atoms with E-state index in [-0.39, 0.29) is 17.7 Å². The van der Waals surface area contributed by atoms with Gasteiger partial charge in [-0.15, -0.1) is 0 Å². The molecular weight excluding hydrogens is 430 g/mol. The molecule has 10 heteroatoms. The van der Waals surface area contributed by atoms with Crippen LogP contribution in [0.25, 0.3) is 5.69 Å². The SMILES string of the molecule is Cc1nc(NC2(c3cn(-c4ccc(Cl)cc4)cn3)CC2)nc(N2C(=O)OC[C@@H]2C2CC2)n1. The summed E-state index contributed by atoms with van der Waals surface area (Å²) in [6.07, 6.45) is 7.46. The van der Waals surface area contributed by atoms with Crippen LogP contribution in [0.15, 0.2) is 36.8 Å². The molecule has 3 heterocycles. The molecule has 1 aliphatic heterocycles. The van der Waals surface area contributed by atoms with Crippen LogP contribution in [0.4, 0.5) is 16.7 Å². The first kappa shape index (κ1) is 19.5. The number of ether oxygens (including phenoxy) is 1. The Bertz CT molecular complexity index is 1190. The molecule has 6 rings (SSSR count). The Morgan fingerprint density at radius 2 is 1.94 bits per heavy atom. The summed E-state index contributed by atoms with van der Waals surface area (Å²) in [4.78, 5) is 32.1. The average molecular weight is 452 g/mol. The van der Waals surface area contributed by atoms with Crippen LogP contribution in [0.1, 0.15) is 37.2 Å². The van der Waals surface area contributed by atoms with Gasteiger partial charge in [0.05, 0.1) is 23.6 Å². The minimum atomic E-state index is -0.388. The van der Waals surface area contributed by atoms with E-state index in [1.54, 1.807) is 18.2 Å². The normalized spacial score (nSPS) is 21.5. The third-order valence-corrected chi connectivity index (χ3v) is 6.57. The van der Waals surface area contributed by atoms with Crippen molar-refractivity contribution in [1.29, 1.82) is 0 Å². The highest BCUT2D eigenvalue weighted by molar-refractivity contribution is 6.30. The summed E-state index contributed by atoms with van der Waals surface area (Å²) in [7, 11) is 0. The van der Waals surface area contributed by atoms with Gasteiger partial charge in [0, 0.05) is 16.9 Å². The van der Waals surface area contributed by atoms with E-state index >= 15 is 0 Å². The Morgan fingerprint density at radius 1 is 1.16 bits per heavy atom. The van der Waals surface area contributed by atoms with Crippen LogP contribution < -0.4 is 10.2 Å². The molecule has 32 heavy (non-hydrogen) atoms. The lowest BCUT2D eigenvalue weighted by atomic mass is 10.2. The second-order valence-corrected chi connectivity index (χ2v) is 9.14. The summed E-state index contributed by atoms with van der Waals surface area (Å²) >= 11 is 6.00. The van der Waals surface area contributed by atoms with E-state index < -0.39 is 0 Å². The molecule has 0 radical (unpaired) electrons. The van der Waals surface area contributed by atoms with Gasteiger partial charge in [0.15, 0.2) is 0 Å². The van der Waals surface area contributed by atoms with Gasteiger partial charge in [-0.3, -0.25) is 0 Å². The van der Waals surface area contributed by atoms with Crippen LogP contribution in [0, 0.1) is 12.8 Å². The zero-order valence-corrected chi connectivity index (χ0v) is 18.3. The number of nitrogens with one attached hydrogen (secondary N) is 1. The Hall–Kier alpha value is -3.20. The molecule has 9 nitrogen and oxygen atoms in total. The van der Waals surface area contributed by atoms with E-state index in [0.717, 1.165) is 37.1 Å². The van der Waals surface area contributed by atoms with Crippen LogP contribution >= 0.6 is 11.6 Å². The van der Waals surface area contributed by atoms with E-state index in [1.807, 2.05) is 35.0 Å². The van der Waals surface area contributed by atoms with Crippen LogP contribution in [0.3, 0.4) is 0 Å². The minimum Gasteiger partial charge on any atom is -0.447 e. The van der Waals surface area contributed by atoms with Crippen molar-refractivity contribution in [3.8, 4) is 5.69 Å². The molecule has 1 aromatic carbocycles. The number of imidazole rings is 1. The number of nitrogens with zero attached hydrogens (tertiary/aromatic N) is 6. The summed E-state index contributed by atoms with van der Waals surface area (Å²) in [5.74, 6) is 1.80. The van der Waals surface area contributed by atoms with Gasteiger partial charge in [0.25, 0.3) is 0 Å². The fourth-order valence-electron chi connectivity index (χ4n) is 4.23. The third-order valence-electron chi connectivity index (χ3n) is 6.32. The predicted octanol–water partition coefficient (Wildman–Crippen LogP) is 3.86. The fourth-order valence-corrected chi connectivity index (χ4v) is 4.36. The summed E-state index contributed by atoms with van der Waals surface area (Å²) in [6.45, 7) is 2.20. The zero-order chi connectivity index (χ0) is 21.9. The standard InChI is InChI=1S/C22H22ClN7O2/c1-13-25-19(27-20(26-13)30-17(14-2-3-14)11-32-21(30)31)28-22(8-9-22)18-10-29(12-24-18)16-6-4-15(23)5-7-16/h4-7,10,12,14,17H,2-3,8-9,11H2,1H3,(H,25,26,27,28)/t17-/m1/s1. The van der Waals surface area contributed by atoms with E-state index in [2.05, 4.69) is 25.3 Å². The fraction of sp³-hybridized carbons (Fsp3) is 0.409. The summed E-state index contributed by atoms with van der Waals surface area (Å²) in [5, 5.41) is 4.16. The van der Waals surface area contributed by atoms with E-state index in [0.29, 0.717) is 35.3 Å². The Morgan fingerprint density at radius 3 is 2.66 bits per heavy atom. The number of aryl methyl sites for hydroxylation is 1. The number of carbonyl (C=O) groups is 1. The van der Waals surface area contributed by atoms with Gasteiger partial charge in [-0.2, -0.15) is 15.0 Å². The molecule has 2 aromatic heterocycles. The Labute approximate surface area is 189 Å². The first-order valence-corrected chi connectivity index (χ1v) is 11.2. The van der Waals surface area contributed by atoms with E-state index in [1.165, 1.54) is 0 Å². The van der Waals surface area contributed by atoms with Gasteiger partial charge in [-0.25, -0.2) is 14.7 Å². The quantitative estimate of drug-likeness (QED) is 0.607. The maximum atomic E-state index is 12.4. The maximum absolute atomic E-state index is 12.4. The van der Waals surface area contributed by atoms with Crippen molar-refractivity contribution in [2.75, 3.05) is 16.8 Å². The molecule has 3 aliphatic rings. The first-order valence-electron chi connectivity index (χ1n) is 10.8. The number of halogens is 1. The van der Waals surface area contributed by atoms with E-state index in [4.69, 9.17) is 16.3 Å². The first-order chi connectivity index (χ1) is 15.5. The van der Waals surface area contributed by atoms with Crippen LogP contribution in [0.5, 0.6) is 0 Å². The summed E-state index contributed by atoms with van der Waals surface area (Å²) in [6, 6.07) is 7.62. The third kappa shape index (κ3) is 3.46. The molecule has 1 atom stereocenters. The van der Waals surface area contributed by atoms with E-state index in [9.17, 15) is 4.79 Å². The smallest absolute Gasteiger partial charge is 0.417 e. The lowest BCUT2D eigenvalue weighted by Crippen LogP contribution is -2.37. The highest BCUT2D eigenvalue weighted by Crippen LogP contribution is 2.47. The van der Waals surface area contributed by atoms with Crippen molar-refractivity contribution in [2.24, 2.45) is 5.92 Å². The highest BCUT2D eigenvalue weighted by Gasteiger charge is 2.48. The molecule has 1 saturated heterocycles. The van der Waals surface area contributed by atoms with Crippen molar-refractivity contribution in [1.82, 2.24) is 24.5 Å². The van der Waals surface area contributed by atoms with Crippen molar-refractivity contribution < 1.29 is 9.53 Å². The van der Waals surface area contributed by atoms with Gasteiger partial charge >= 0.3 is 6.09 Å². The second-order valence-electron chi connectivity index (χ2n) is 8.71. The van der Waals surface area contributed by atoms with Gasteiger partial charge in [-0.05, 0) is 62.8 Å². The molecule has 164 valence electrons. The summed E-state index contributed by atoms with van der Waals surface area (Å²) < 4.78 is 7.26. The number of amides is 1. The van der Waals surface area contributed by atoms with Gasteiger partial charge in [0.1, 0.15) is 12.4 Å². The number of benzene rings is 1. The zero-order valence-electron chi connectivity index (χ0n) is 17.5. The van der Waals surface area contributed by atoms with Crippen LogP contribution in [-0.2, 0) is 10.3 Å². The minimum absolute atomic E-state index is 0.00195. The Kier molecular flexibility index (Phi) is 4.36. The number of aromatic nitrogens is 5. The molecule has 0 bridgehead atoms. The number of hydrogen-bond acceptors (Lipinski definition) is 7. The molecule has 2 aliphatic carbocycles. The molecule has 0 spiro atoms. The number of cyclic esters (lactones) is 1. The monoisotopic (exact) mass is 451 g/mol.